The highest BCUT2D eigenvalue weighted by molar-refractivity contribution is 5.95. The molecule has 6 heteroatoms. The van der Waals surface area contributed by atoms with Gasteiger partial charge in [-0.2, -0.15) is 0 Å². The molecule has 30 heavy (non-hydrogen) atoms. The summed E-state index contributed by atoms with van der Waals surface area (Å²) in [5.74, 6) is -0.995. The number of aliphatic carboxylic acids is 1. The number of aryl methyl sites for hydroxylation is 1. The van der Waals surface area contributed by atoms with Gasteiger partial charge in [-0.15, -0.1) is 0 Å². The van der Waals surface area contributed by atoms with E-state index in [-0.39, 0.29) is 5.84 Å². The van der Waals surface area contributed by atoms with Crippen molar-refractivity contribution in [2.75, 3.05) is 24.3 Å². The van der Waals surface area contributed by atoms with Gasteiger partial charge in [0.25, 0.3) is 0 Å². The molecule has 0 aromatic heterocycles. The molecule has 154 valence electrons. The fourth-order valence-corrected chi connectivity index (χ4v) is 3.30. The Morgan fingerprint density at radius 3 is 2.17 bits per heavy atom. The monoisotopic (exact) mass is 402 g/mol. The number of benzene rings is 3. The van der Waals surface area contributed by atoms with Crippen molar-refractivity contribution in [2.24, 2.45) is 5.73 Å². The van der Waals surface area contributed by atoms with Crippen LogP contribution in [-0.4, -0.2) is 31.0 Å². The zero-order valence-electron chi connectivity index (χ0n) is 17.3. The number of carboxylic acid groups (broad SMARTS) is 1. The normalized spacial score (nSPS) is 11.6. The predicted octanol–water partition coefficient (Wildman–Crippen LogP) is 4.25. The Bertz CT molecular complexity index is 1060. The van der Waals surface area contributed by atoms with E-state index in [2.05, 4.69) is 11.4 Å². The average Bonchev–Trinajstić information content (AvgIpc) is 2.71. The van der Waals surface area contributed by atoms with Crippen LogP contribution in [0.5, 0.6) is 0 Å². The molecule has 0 saturated carbocycles. The molecule has 6 nitrogen and oxygen atoms in total. The summed E-state index contributed by atoms with van der Waals surface area (Å²) in [7, 11) is 3.98. The van der Waals surface area contributed by atoms with Gasteiger partial charge in [0.1, 0.15) is 5.84 Å². The van der Waals surface area contributed by atoms with Gasteiger partial charge < -0.3 is 21.1 Å². The summed E-state index contributed by atoms with van der Waals surface area (Å²) in [4.78, 5) is 14.1. The molecule has 0 saturated heterocycles. The SMILES string of the molecule is Cc1cc(-c2ccc(N(C)C)cc2)cc(C(Nc2ccc(C(=N)N)cc2)C(=O)O)c1. The molecule has 0 aliphatic rings. The Balaban J connectivity index is 1.93. The lowest BCUT2D eigenvalue weighted by atomic mass is 9.96. The fraction of sp³-hybridized carbons (Fsp3) is 0.167. The molecule has 0 aliphatic heterocycles. The molecule has 1 unspecified atom stereocenters. The van der Waals surface area contributed by atoms with E-state index >= 15 is 0 Å². The number of carboxylic acids is 1. The Morgan fingerprint density at radius 1 is 1.00 bits per heavy atom. The largest absolute Gasteiger partial charge is 0.479 e. The molecule has 0 heterocycles. The van der Waals surface area contributed by atoms with Crippen molar-refractivity contribution < 1.29 is 9.90 Å². The van der Waals surface area contributed by atoms with Gasteiger partial charge in [0.05, 0.1) is 0 Å². The Labute approximate surface area is 176 Å². The number of hydrogen-bond acceptors (Lipinski definition) is 4. The highest BCUT2D eigenvalue weighted by Gasteiger charge is 2.21. The lowest BCUT2D eigenvalue weighted by Crippen LogP contribution is -2.21. The van der Waals surface area contributed by atoms with Crippen molar-refractivity contribution in [2.45, 2.75) is 13.0 Å². The van der Waals surface area contributed by atoms with E-state index in [9.17, 15) is 9.90 Å². The van der Waals surface area contributed by atoms with Crippen molar-refractivity contribution in [1.82, 2.24) is 0 Å². The van der Waals surface area contributed by atoms with Gasteiger partial charge in [-0.05, 0) is 66.1 Å². The average molecular weight is 402 g/mol. The second-order valence-corrected chi connectivity index (χ2v) is 7.48. The summed E-state index contributed by atoms with van der Waals surface area (Å²) < 4.78 is 0. The highest BCUT2D eigenvalue weighted by Crippen LogP contribution is 2.29. The third-order valence-corrected chi connectivity index (χ3v) is 4.90. The number of nitrogens with one attached hydrogen (secondary N) is 2. The maximum atomic E-state index is 12.0. The van der Waals surface area contributed by atoms with Gasteiger partial charge in [0.2, 0.25) is 0 Å². The van der Waals surface area contributed by atoms with E-state index in [1.807, 2.05) is 62.3 Å². The third-order valence-electron chi connectivity index (χ3n) is 4.90. The molecule has 3 aromatic carbocycles. The van der Waals surface area contributed by atoms with Crippen LogP contribution in [0.15, 0.2) is 66.7 Å². The summed E-state index contributed by atoms with van der Waals surface area (Å²) in [5, 5.41) is 20.4. The minimum Gasteiger partial charge on any atom is -0.479 e. The van der Waals surface area contributed by atoms with E-state index in [4.69, 9.17) is 11.1 Å². The lowest BCUT2D eigenvalue weighted by molar-refractivity contribution is -0.138. The number of nitrogens with zero attached hydrogens (tertiary/aromatic N) is 1. The third kappa shape index (κ3) is 4.78. The second kappa shape index (κ2) is 8.69. The van der Waals surface area contributed by atoms with Gasteiger partial charge >= 0.3 is 5.97 Å². The van der Waals surface area contributed by atoms with Crippen molar-refractivity contribution in [1.29, 1.82) is 5.41 Å². The molecule has 0 aliphatic carbocycles. The summed E-state index contributed by atoms with van der Waals surface area (Å²) >= 11 is 0. The molecule has 0 radical (unpaired) electrons. The van der Waals surface area contributed by atoms with E-state index in [1.165, 1.54) is 0 Å². The molecule has 1 atom stereocenters. The van der Waals surface area contributed by atoms with Gasteiger partial charge in [-0.1, -0.05) is 29.8 Å². The zero-order chi connectivity index (χ0) is 21.8. The van der Waals surface area contributed by atoms with Gasteiger partial charge in [0.15, 0.2) is 6.04 Å². The van der Waals surface area contributed by atoms with E-state index in [0.717, 1.165) is 22.4 Å². The number of carbonyl (C=O) groups is 1. The van der Waals surface area contributed by atoms with Gasteiger partial charge in [-0.25, -0.2) is 4.79 Å². The maximum Gasteiger partial charge on any atom is 0.330 e. The summed E-state index contributed by atoms with van der Waals surface area (Å²) in [6, 6.07) is 19.9. The first-order valence-electron chi connectivity index (χ1n) is 9.58. The predicted molar refractivity (Wildman–Crippen MR) is 122 cm³/mol. The van der Waals surface area contributed by atoms with Crippen LogP contribution in [0.1, 0.15) is 22.7 Å². The van der Waals surface area contributed by atoms with E-state index in [1.54, 1.807) is 24.3 Å². The molecule has 0 spiro atoms. The maximum absolute atomic E-state index is 12.0. The quantitative estimate of drug-likeness (QED) is 0.349. The van der Waals surface area contributed by atoms with Crippen molar-refractivity contribution in [3.63, 3.8) is 0 Å². The Hall–Kier alpha value is -3.80. The summed E-state index contributed by atoms with van der Waals surface area (Å²) in [5.41, 5.74) is 11.5. The highest BCUT2D eigenvalue weighted by atomic mass is 16.4. The molecule has 0 amide bonds. The second-order valence-electron chi connectivity index (χ2n) is 7.48. The molecule has 3 aromatic rings. The van der Waals surface area contributed by atoms with Crippen LogP contribution in [0, 0.1) is 12.3 Å². The number of amidine groups is 1. The Morgan fingerprint density at radius 2 is 1.63 bits per heavy atom. The van der Waals surface area contributed by atoms with Crippen LogP contribution in [0.4, 0.5) is 11.4 Å². The number of nitrogens with two attached hydrogens (primary N) is 1. The fourth-order valence-electron chi connectivity index (χ4n) is 3.30. The summed E-state index contributed by atoms with van der Waals surface area (Å²) in [6.45, 7) is 1.96. The minimum absolute atomic E-state index is 0.0278. The molecule has 0 fully saturated rings. The van der Waals surface area contributed by atoms with Crippen LogP contribution >= 0.6 is 0 Å². The Kier molecular flexibility index (Phi) is 6.06. The van der Waals surface area contributed by atoms with Crippen LogP contribution in [0.2, 0.25) is 0 Å². The van der Waals surface area contributed by atoms with E-state index < -0.39 is 12.0 Å². The van der Waals surface area contributed by atoms with Crippen molar-refractivity contribution in [3.8, 4) is 11.1 Å². The first-order valence-corrected chi connectivity index (χ1v) is 9.58. The number of anilines is 2. The van der Waals surface area contributed by atoms with E-state index in [0.29, 0.717) is 16.8 Å². The van der Waals surface area contributed by atoms with Gasteiger partial charge in [-0.3, -0.25) is 5.41 Å². The summed E-state index contributed by atoms with van der Waals surface area (Å²) in [6.07, 6.45) is 0. The molecule has 0 bridgehead atoms. The smallest absolute Gasteiger partial charge is 0.330 e. The van der Waals surface area contributed by atoms with Crippen LogP contribution < -0.4 is 16.0 Å². The first-order chi connectivity index (χ1) is 14.2. The lowest BCUT2D eigenvalue weighted by Gasteiger charge is -2.19. The standard InChI is InChI=1S/C24H26N4O2/c1-15-12-18(16-6-10-21(11-7-16)28(2)3)14-19(13-15)22(24(29)30)27-20-8-4-17(5-9-20)23(25)26/h4-14,22,27H,1-3H3,(H3,25,26)(H,29,30). The van der Waals surface area contributed by atoms with Crippen molar-refractivity contribution in [3.05, 3.63) is 83.4 Å². The molecular weight excluding hydrogens is 376 g/mol. The number of rotatable bonds is 7. The van der Waals surface area contributed by atoms with Crippen LogP contribution in [0.3, 0.4) is 0 Å². The van der Waals surface area contributed by atoms with Crippen LogP contribution in [-0.2, 0) is 4.79 Å². The zero-order valence-corrected chi connectivity index (χ0v) is 17.3. The number of nitrogen functional groups attached to an aromatic ring is 1. The molecular formula is C24H26N4O2. The van der Waals surface area contributed by atoms with Gasteiger partial charge in [0, 0.05) is 31.0 Å². The molecule has 5 N–H and O–H groups in total. The molecule has 3 rings (SSSR count). The van der Waals surface area contributed by atoms with Crippen molar-refractivity contribution >= 4 is 23.2 Å². The van der Waals surface area contributed by atoms with Crippen LogP contribution in [0.25, 0.3) is 11.1 Å². The topological polar surface area (TPSA) is 102 Å². The first kappa shape index (κ1) is 20.9. The minimum atomic E-state index is -0.967. The number of hydrogen-bond donors (Lipinski definition) is 4.